The third kappa shape index (κ3) is 3.09. The minimum atomic E-state index is -4.71. The van der Waals surface area contributed by atoms with Crippen LogP contribution in [-0.2, 0) is 0 Å². The maximum atomic E-state index is 11.9. The molecule has 0 aliphatic rings. The average molecular weight is 256 g/mol. The molecule has 0 fully saturated rings. The molecular weight excluding hydrogens is 249 g/mol. The zero-order chi connectivity index (χ0) is 13.2. The van der Waals surface area contributed by atoms with E-state index in [4.69, 9.17) is 0 Å². The first-order valence-corrected chi connectivity index (χ1v) is 4.85. The summed E-state index contributed by atoms with van der Waals surface area (Å²) in [6.45, 7) is 0. The Labute approximate surface area is 99.1 Å². The Morgan fingerprint density at radius 3 is 2.28 bits per heavy atom. The molecule has 0 unspecified atom stereocenters. The second-order valence-electron chi connectivity index (χ2n) is 3.38. The number of aromatic nitrogens is 2. The van der Waals surface area contributed by atoms with Crippen LogP contribution in [0, 0.1) is 0 Å². The van der Waals surface area contributed by atoms with Crippen LogP contribution in [0.1, 0.15) is 0 Å². The fourth-order valence-electron chi connectivity index (χ4n) is 1.35. The Hall–Kier alpha value is -2.31. The monoisotopic (exact) mass is 256 g/mol. The summed E-state index contributed by atoms with van der Waals surface area (Å²) in [5.74, 6) is -0.302. The van der Waals surface area contributed by atoms with Gasteiger partial charge in [0.05, 0.1) is 0 Å². The minimum Gasteiger partial charge on any atom is -0.406 e. The van der Waals surface area contributed by atoms with E-state index >= 15 is 0 Å². The van der Waals surface area contributed by atoms with Gasteiger partial charge in [-0.2, -0.15) is 0 Å². The van der Waals surface area contributed by atoms with Crippen molar-refractivity contribution in [1.82, 2.24) is 9.97 Å². The van der Waals surface area contributed by atoms with Crippen LogP contribution in [0.4, 0.5) is 13.2 Å². The number of ether oxygens (including phenoxy) is 1. The summed E-state index contributed by atoms with van der Waals surface area (Å²) in [7, 11) is 0. The Morgan fingerprint density at radius 2 is 1.78 bits per heavy atom. The molecule has 7 heteroatoms. The van der Waals surface area contributed by atoms with E-state index in [-0.39, 0.29) is 5.75 Å². The van der Waals surface area contributed by atoms with Gasteiger partial charge < -0.3 is 9.72 Å². The largest absolute Gasteiger partial charge is 0.573 e. The van der Waals surface area contributed by atoms with E-state index in [2.05, 4.69) is 14.7 Å². The third-order valence-electron chi connectivity index (χ3n) is 2.09. The Balaban J connectivity index is 2.22. The first-order chi connectivity index (χ1) is 8.44. The van der Waals surface area contributed by atoms with Crippen molar-refractivity contribution in [1.29, 1.82) is 0 Å². The molecule has 1 N–H and O–H groups in total. The highest BCUT2D eigenvalue weighted by Crippen LogP contribution is 2.25. The summed E-state index contributed by atoms with van der Waals surface area (Å²) in [5, 5.41) is 0. The molecule has 18 heavy (non-hydrogen) atoms. The van der Waals surface area contributed by atoms with Crippen molar-refractivity contribution in [2.75, 3.05) is 0 Å². The Kier molecular flexibility index (Phi) is 3.05. The van der Waals surface area contributed by atoms with Gasteiger partial charge in [0.15, 0.2) is 0 Å². The number of aromatic amines is 1. The van der Waals surface area contributed by atoms with Gasteiger partial charge >= 0.3 is 12.1 Å². The van der Waals surface area contributed by atoms with Crippen molar-refractivity contribution >= 4 is 0 Å². The van der Waals surface area contributed by atoms with Gasteiger partial charge in [0.25, 0.3) is 0 Å². The van der Waals surface area contributed by atoms with Crippen LogP contribution in [0.15, 0.2) is 41.5 Å². The number of hydrogen-bond acceptors (Lipinski definition) is 3. The van der Waals surface area contributed by atoms with E-state index in [1.165, 1.54) is 36.7 Å². The van der Waals surface area contributed by atoms with Crippen LogP contribution in [0.25, 0.3) is 11.1 Å². The standard InChI is InChI=1S/C11H7F3N2O2/c12-11(13,14)18-9-3-1-7(2-4-9)8-5-15-10(17)16-6-8/h1-6H,(H,15,16,17). The first-order valence-electron chi connectivity index (χ1n) is 4.85. The van der Waals surface area contributed by atoms with Gasteiger partial charge in [-0.25, -0.2) is 9.78 Å². The van der Waals surface area contributed by atoms with Gasteiger partial charge in [0.2, 0.25) is 0 Å². The quantitative estimate of drug-likeness (QED) is 0.897. The zero-order valence-electron chi connectivity index (χ0n) is 8.86. The van der Waals surface area contributed by atoms with Crippen LogP contribution in [0.5, 0.6) is 5.75 Å². The normalized spacial score (nSPS) is 11.3. The van der Waals surface area contributed by atoms with Crippen molar-refractivity contribution < 1.29 is 17.9 Å². The van der Waals surface area contributed by atoms with E-state index in [9.17, 15) is 18.0 Å². The molecule has 1 heterocycles. The minimum absolute atomic E-state index is 0.302. The average Bonchev–Trinajstić information content (AvgIpc) is 2.29. The van der Waals surface area contributed by atoms with Crippen LogP contribution in [0.3, 0.4) is 0 Å². The predicted octanol–water partition coefficient (Wildman–Crippen LogP) is 2.34. The summed E-state index contributed by atoms with van der Waals surface area (Å²) in [6, 6.07) is 5.26. The van der Waals surface area contributed by atoms with E-state index in [1.807, 2.05) is 0 Å². The Bertz CT molecular complexity index is 570. The number of nitrogens with one attached hydrogen (secondary N) is 1. The van der Waals surface area contributed by atoms with Gasteiger partial charge in [-0.3, -0.25) is 0 Å². The van der Waals surface area contributed by atoms with Crippen molar-refractivity contribution in [3.8, 4) is 16.9 Å². The Morgan fingerprint density at radius 1 is 1.11 bits per heavy atom. The maximum Gasteiger partial charge on any atom is 0.573 e. The summed E-state index contributed by atoms with van der Waals surface area (Å²) >= 11 is 0. The smallest absolute Gasteiger partial charge is 0.406 e. The second kappa shape index (κ2) is 4.52. The molecule has 2 aromatic rings. The van der Waals surface area contributed by atoms with Crippen LogP contribution < -0.4 is 10.4 Å². The number of nitrogens with zero attached hydrogens (tertiary/aromatic N) is 1. The van der Waals surface area contributed by atoms with Crippen molar-refractivity contribution in [2.45, 2.75) is 6.36 Å². The van der Waals surface area contributed by atoms with Crippen molar-refractivity contribution in [3.63, 3.8) is 0 Å². The molecule has 0 bridgehead atoms. The summed E-state index contributed by atoms with van der Waals surface area (Å²) in [5.41, 5.74) is 0.720. The third-order valence-corrected chi connectivity index (χ3v) is 2.09. The lowest BCUT2D eigenvalue weighted by Gasteiger charge is -2.09. The number of hydrogen-bond donors (Lipinski definition) is 1. The molecule has 1 aromatic carbocycles. The van der Waals surface area contributed by atoms with Crippen molar-refractivity contribution in [2.24, 2.45) is 0 Å². The van der Waals surface area contributed by atoms with E-state index in [0.717, 1.165) is 0 Å². The molecule has 4 nitrogen and oxygen atoms in total. The fraction of sp³-hybridized carbons (Fsp3) is 0.0909. The lowest BCUT2D eigenvalue weighted by Crippen LogP contribution is -2.16. The number of benzene rings is 1. The summed E-state index contributed by atoms with van der Waals surface area (Å²) in [4.78, 5) is 16.6. The van der Waals surface area contributed by atoms with E-state index in [0.29, 0.717) is 11.1 Å². The molecule has 0 saturated carbocycles. The highest BCUT2D eigenvalue weighted by atomic mass is 19.4. The highest BCUT2D eigenvalue weighted by molar-refractivity contribution is 5.62. The number of alkyl halides is 3. The molecule has 0 amide bonds. The molecular formula is C11H7F3N2O2. The van der Waals surface area contributed by atoms with Gasteiger partial charge in [0, 0.05) is 18.0 Å². The van der Waals surface area contributed by atoms with Crippen LogP contribution in [-0.4, -0.2) is 16.3 Å². The van der Waals surface area contributed by atoms with Crippen LogP contribution in [0.2, 0.25) is 0 Å². The highest BCUT2D eigenvalue weighted by Gasteiger charge is 2.30. The molecule has 94 valence electrons. The summed E-state index contributed by atoms with van der Waals surface area (Å²) < 4.78 is 39.6. The van der Waals surface area contributed by atoms with Crippen LogP contribution >= 0.6 is 0 Å². The molecule has 0 saturated heterocycles. The van der Waals surface area contributed by atoms with E-state index < -0.39 is 12.1 Å². The molecule has 0 atom stereocenters. The number of H-pyrrole nitrogens is 1. The van der Waals surface area contributed by atoms with Gasteiger partial charge in [-0.1, -0.05) is 12.1 Å². The van der Waals surface area contributed by atoms with E-state index in [1.54, 1.807) is 0 Å². The van der Waals surface area contributed by atoms with Gasteiger partial charge in [-0.15, -0.1) is 13.2 Å². The zero-order valence-corrected chi connectivity index (χ0v) is 8.86. The predicted molar refractivity (Wildman–Crippen MR) is 57.0 cm³/mol. The number of halogens is 3. The molecule has 2 rings (SSSR count). The maximum absolute atomic E-state index is 11.9. The fourth-order valence-corrected chi connectivity index (χ4v) is 1.35. The lowest BCUT2D eigenvalue weighted by atomic mass is 10.1. The van der Waals surface area contributed by atoms with Crippen molar-refractivity contribution in [3.05, 3.63) is 47.1 Å². The SMILES string of the molecule is O=c1ncc(-c2ccc(OC(F)(F)F)cc2)c[nH]1. The summed E-state index contributed by atoms with van der Waals surface area (Å²) in [6.07, 6.45) is -1.95. The molecule has 0 spiro atoms. The molecule has 1 aromatic heterocycles. The van der Waals surface area contributed by atoms with Gasteiger partial charge in [0.1, 0.15) is 5.75 Å². The topological polar surface area (TPSA) is 55.0 Å². The second-order valence-corrected chi connectivity index (χ2v) is 3.38. The van der Waals surface area contributed by atoms with Gasteiger partial charge in [-0.05, 0) is 17.7 Å². The molecule has 0 aliphatic carbocycles. The lowest BCUT2D eigenvalue weighted by molar-refractivity contribution is -0.274. The molecule has 0 radical (unpaired) electrons. The molecule has 0 aliphatic heterocycles. The number of rotatable bonds is 2. The first kappa shape index (κ1) is 12.2.